The standard InChI is InChI=1S/C22H22O6/c1-3-20(23)27-14-12-26-13-15-28-22(25)19-7-5-4-6-18(19)21(24)17-10-8-16(2)9-11-17/h3-11H,1,12-15H2,2H3. The van der Waals surface area contributed by atoms with Crippen LogP contribution in [-0.4, -0.2) is 44.1 Å². The summed E-state index contributed by atoms with van der Waals surface area (Å²) in [4.78, 5) is 36.0. The molecule has 0 bridgehead atoms. The van der Waals surface area contributed by atoms with Crippen molar-refractivity contribution < 1.29 is 28.6 Å². The number of esters is 2. The Morgan fingerprint density at radius 2 is 1.46 bits per heavy atom. The average Bonchev–Trinajstić information content (AvgIpc) is 2.72. The Bertz CT molecular complexity index is 838. The van der Waals surface area contributed by atoms with Crippen molar-refractivity contribution in [3.05, 3.63) is 83.4 Å². The molecule has 0 radical (unpaired) electrons. The van der Waals surface area contributed by atoms with E-state index in [2.05, 4.69) is 6.58 Å². The van der Waals surface area contributed by atoms with E-state index in [-0.39, 0.29) is 43.3 Å². The van der Waals surface area contributed by atoms with Gasteiger partial charge in [0.15, 0.2) is 5.78 Å². The zero-order valence-electron chi connectivity index (χ0n) is 15.7. The van der Waals surface area contributed by atoms with Gasteiger partial charge in [0.25, 0.3) is 0 Å². The number of hydrogen-bond acceptors (Lipinski definition) is 6. The van der Waals surface area contributed by atoms with E-state index in [9.17, 15) is 14.4 Å². The third-order valence-electron chi connectivity index (χ3n) is 3.80. The topological polar surface area (TPSA) is 78.9 Å². The van der Waals surface area contributed by atoms with Gasteiger partial charge in [-0.15, -0.1) is 0 Å². The quantitative estimate of drug-likeness (QED) is 0.272. The third kappa shape index (κ3) is 6.17. The molecule has 0 fully saturated rings. The molecule has 2 rings (SSSR count). The Labute approximate surface area is 163 Å². The maximum absolute atomic E-state index is 12.7. The Morgan fingerprint density at radius 3 is 2.11 bits per heavy atom. The molecule has 2 aromatic rings. The van der Waals surface area contributed by atoms with Crippen LogP contribution in [0.4, 0.5) is 0 Å². The Morgan fingerprint density at radius 1 is 0.857 bits per heavy atom. The van der Waals surface area contributed by atoms with Gasteiger partial charge in [-0.25, -0.2) is 9.59 Å². The van der Waals surface area contributed by atoms with Crippen LogP contribution in [0.2, 0.25) is 0 Å². The summed E-state index contributed by atoms with van der Waals surface area (Å²) in [5.41, 5.74) is 2.04. The minimum Gasteiger partial charge on any atom is -0.460 e. The zero-order chi connectivity index (χ0) is 20.4. The van der Waals surface area contributed by atoms with Crippen LogP contribution in [0.25, 0.3) is 0 Å². The third-order valence-corrected chi connectivity index (χ3v) is 3.80. The minimum absolute atomic E-state index is 0.0152. The fourth-order valence-corrected chi connectivity index (χ4v) is 2.35. The summed E-state index contributed by atoms with van der Waals surface area (Å²) < 4.78 is 15.2. The average molecular weight is 382 g/mol. The number of ether oxygens (including phenoxy) is 3. The molecule has 146 valence electrons. The predicted molar refractivity (Wildman–Crippen MR) is 103 cm³/mol. The summed E-state index contributed by atoms with van der Waals surface area (Å²) in [6.45, 7) is 5.65. The molecular formula is C22H22O6. The monoisotopic (exact) mass is 382 g/mol. The minimum atomic E-state index is -0.599. The van der Waals surface area contributed by atoms with E-state index in [0.717, 1.165) is 11.6 Å². The maximum Gasteiger partial charge on any atom is 0.338 e. The molecule has 0 aliphatic carbocycles. The number of ketones is 1. The van der Waals surface area contributed by atoms with Crippen molar-refractivity contribution in [3.8, 4) is 0 Å². The lowest BCUT2D eigenvalue weighted by Gasteiger charge is -2.10. The van der Waals surface area contributed by atoms with Crippen LogP contribution in [0.15, 0.2) is 61.2 Å². The van der Waals surface area contributed by atoms with Crippen molar-refractivity contribution in [3.63, 3.8) is 0 Å². The molecule has 2 aromatic carbocycles. The Hall–Kier alpha value is -3.25. The highest BCUT2D eigenvalue weighted by molar-refractivity contribution is 6.14. The highest BCUT2D eigenvalue weighted by atomic mass is 16.6. The molecule has 0 N–H and O–H groups in total. The lowest BCUT2D eigenvalue weighted by molar-refractivity contribution is -0.139. The number of hydrogen-bond donors (Lipinski definition) is 0. The number of rotatable bonds is 10. The number of carbonyl (C=O) groups excluding carboxylic acids is 3. The van der Waals surface area contributed by atoms with Gasteiger partial charge < -0.3 is 14.2 Å². The van der Waals surface area contributed by atoms with Crippen molar-refractivity contribution >= 4 is 17.7 Å². The smallest absolute Gasteiger partial charge is 0.338 e. The van der Waals surface area contributed by atoms with Gasteiger partial charge in [0.1, 0.15) is 13.2 Å². The Balaban J connectivity index is 1.88. The summed E-state index contributed by atoms with van der Waals surface area (Å²) in [6, 6.07) is 13.7. The fraction of sp³-hybridized carbons (Fsp3) is 0.227. The summed E-state index contributed by atoms with van der Waals surface area (Å²) in [7, 11) is 0. The van der Waals surface area contributed by atoms with Crippen LogP contribution in [0, 0.1) is 6.92 Å². The molecule has 0 atom stereocenters. The molecular weight excluding hydrogens is 360 g/mol. The van der Waals surface area contributed by atoms with Gasteiger partial charge in [0.2, 0.25) is 0 Å². The summed E-state index contributed by atoms with van der Waals surface area (Å²) >= 11 is 0. The Kier molecular flexibility index (Phi) is 8.11. The highest BCUT2D eigenvalue weighted by Gasteiger charge is 2.19. The normalized spacial score (nSPS) is 10.2. The van der Waals surface area contributed by atoms with Crippen molar-refractivity contribution in [2.75, 3.05) is 26.4 Å². The molecule has 6 nitrogen and oxygen atoms in total. The molecule has 0 saturated carbocycles. The molecule has 0 spiro atoms. The van der Waals surface area contributed by atoms with Gasteiger partial charge >= 0.3 is 11.9 Å². The maximum atomic E-state index is 12.7. The second kappa shape index (κ2) is 10.8. The van der Waals surface area contributed by atoms with Crippen molar-refractivity contribution in [2.24, 2.45) is 0 Å². The first-order valence-corrected chi connectivity index (χ1v) is 8.77. The van der Waals surface area contributed by atoms with E-state index < -0.39 is 11.9 Å². The van der Waals surface area contributed by atoms with E-state index in [1.807, 2.05) is 19.1 Å². The van der Waals surface area contributed by atoms with Crippen molar-refractivity contribution in [1.29, 1.82) is 0 Å². The summed E-state index contributed by atoms with van der Waals surface area (Å²) in [5.74, 6) is -1.37. The summed E-state index contributed by atoms with van der Waals surface area (Å²) in [6.07, 6.45) is 1.07. The van der Waals surface area contributed by atoms with Gasteiger partial charge in [0.05, 0.1) is 18.8 Å². The molecule has 0 aromatic heterocycles. The predicted octanol–water partition coefficient (Wildman–Crippen LogP) is 3.13. The largest absolute Gasteiger partial charge is 0.460 e. The van der Waals surface area contributed by atoms with E-state index in [1.165, 1.54) is 0 Å². The first-order valence-electron chi connectivity index (χ1n) is 8.77. The SMILES string of the molecule is C=CC(=O)OCCOCCOC(=O)c1ccccc1C(=O)c1ccc(C)cc1. The molecule has 0 amide bonds. The van der Waals surface area contributed by atoms with E-state index in [4.69, 9.17) is 14.2 Å². The van der Waals surface area contributed by atoms with Crippen LogP contribution < -0.4 is 0 Å². The molecule has 0 saturated heterocycles. The second-order valence-electron chi connectivity index (χ2n) is 5.86. The van der Waals surface area contributed by atoms with Gasteiger partial charge in [0, 0.05) is 17.2 Å². The first-order chi connectivity index (χ1) is 13.5. The van der Waals surface area contributed by atoms with Crippen LogP contribution in [-0.2, 0) is 19.0 Å². The van der Waals surface area contributed by atoms with Gasteiger partial charge in [-0.3, -0.25) is 4.79 Å². The number of benzene rings is 2. The fourth-order valence-electron chi connectivity index (χ4n) is 2.35. The van der Waals surface area contributed by atoms with Gasteiger partial charge in [-0.1, -0.05) is 54.6 Å². The molecule has 0 aliphatic rings. The van der Waals surface area contributed by atoms with Crippen LogP contribution in [0.3, 0.4) is 0 Å². The highest BCUT2D eigenvalue weighted by Crippen LogP contribution is 2.16. The molecule has 28 heavy (non-hydrogen) atoms. The molecule has 0 heterocycles. The molecule has 0 aliphatic heterocycles. The van der Waals surface area contributed by atoms with Crippen LogP contribution in [0.5, 0.6) is 0 Å². The van der Waals surface area contributed by atoms with Crippen molar-refractivity contribution in [1.82, 2.24) is 0 Å². The molecule has 0 unspecified atom stereocenters. The number of carbonyl (C=O) groups is 3. The first kappa shape index (κ1) is 21.1. The van der Waals surface area contributed by atoms with Crippen LogP contribution >= 0.6 is 0 Å². The van der Waals surface area contributed by atoms with E-state index in [0.29, 0.717) is 5.56 Å². The number of aryl methyl sites for hydroxylation is 1. The van der Waals surface area contributed by atoms with Gasteiger partial charge in [-0.2, -0.15) is 0 Å². The van der Waals surface area contributed by atoms with E-state index in [1.54, 1.807) is 36.4 Å². The van der Waals surface area contributed by atoms with Gasteiger partial charge in [-0.05, 0) is 13.0 Å². The molecule has 6 heteroatoms. The lowest BCUT2D eigenvalue weighted by Crippen LogP contribution is -2.16. The second-order valence-corrected chi connectivity index (χ2v) is 5.86. The van der Waals surface area contributed by atoms with E-state index >= 15 is 0 Å². The van der Waals surface area contributed by atoms with Crippen molar-refractivity contribution in [2.45, 2.75) is 6.92 Å². The summed E-state index contributed by atoms with van der Waals surface area (Å²) in [5, 5.41) is 0. The lowest BCUT2D eigenvalue weighted by atomic mass is 9.98. The zero-order valence-corrected chi connectivity index (χ0v) is 15.7. The van der Waals surface area contributed by atoms with Crippen LogP contribution in [0.1, 0.15) is 31.8 Å².